The lowest BCUT2D eigenvalue weighted by atomic mass is 10.1. The van der Waals surface area contributed by atoms with Gasteiger partial charge in [-0.2, -0.15) is 0 Å². The number of hydrogen-bond acceptors (Lipinski definition) is 2. The Balaban J connectivity index is 3.05. The van der Waals surface area contributed by atoms with E-state index in [9.17, 15) is 4.79 Å². The van der Waals surface area contributed by atoms with Crippen LogP contribution in [0.25, 0.3) is 0 Å². The van der Waals surface area contributed by atoms with E-state index in [1.165, 1.54) is 0 Å². The number of carboxylic acids is 1. The standard InChI is InChI=1S/C15H20ClNO2/c1-10(2)8-17(9-12(4)15(18)19)14-7-13(16)6-5-11(14)3/h5-7,12H,1,8-9H2,2-4H3,(H,18,19). The predicted octanol–water partition coefficient (Wildman–Crippen LogP) is 3.75. The summed E-state index contributed by atoms with van der Waals surface area (Å²) in [4.78, 5) is 13.0. The third-order valence-electron chi connectivity index (χ3n) is 2.89. The molecule has 0 heterocycles. The van der Waals surface area contributed by atoms with Crippen molar-refractivity contribution in [2.75, 3.05) is 18.0 Å². The van der Waals surface area contributed by atoms with Gasteiger partial charge in [0.05, 0.1) is 5.92 Å². The molecule has 1 aromatic rings. The molecule has 0 aliphatic rings. The first kappa shape index (κ1) is 15.6. The number of benzene rings is 1. The second-order valence-corrected chi connectivity index (χ2v) is 5.44. The molecule has 0 fully saturated rings. The molecular weight excluding hydrogens is 262 g/mol. The first-order valence-corrected chi connectivity index (χ1v) is 6.57. The van der Waals surface area contributed by atoms with E-state index in [0.29, 0.717) is 18.1 Å². The quantitative estimate of drug-likeness (QED) is 0.807. The molecule has 19 heavy (non-hydrogen) atoms. The average Bonchev–Trinajstić information content (AvgIpc) is 2.30. The molecular formula is C15H20ClNO2. The van der Waals surface area contributed by atoms with E-state index in [2.05, 4.69) is 6.58 Å². The van der Waals surface area contributed by atoms with E-state index in [4.69, 9.17) is 16.7 Å². The number of carbonyl (C=O) groups is 1. The number of halogens is 1. The van der Waals surface area contributed by atoms with Crippen molar-refractivity contribution in [2.45, 2.75) is 20.8 Å². The van der Waals surface area contributed by atoms with Crippen LogP contribution < -0.4 is 4.90 Å². The van der Waals surface area contributed by atoms with E-state index < -0.39 is 11.9 Å². The Morgan fingerprint density at radius 3 is 2.68 bits per heavy atom. The zero-order valence-corrected chi connectivity index (χ0v) is 12.4. The second kappa shape index (κ2) is 6.62. The van der Waals surface area contributed by atoms with E-state index in [-0.39, 0.29) is 0 Å². The lowest BCUT2D eigenvalue weighted by Gasteiger charge is -2.28. The Bertz CT molecular complexity index is 485. The van der Waals surface area contributed by atoms with Crippen molar-refractivity contribution in [3.05, 3.63) is 40.9 Å². The molecule has 1 rings (SSSR count). The van der Waals surface area contributed by atoms with Crippen LogP contribution in [-0.2, 0) is 4.79 Å². The van der Waals surface area contributed by atoms with E-state index in [1.807, 2.05) is 36.9 Å². The minimum Gasteiger partial charge on any atom is -0.481 e. The van der Waals surface area contributed by atoms with Crippen LogP contribution in [0.4, 0.5) is 5.69 Å². The Kier molecular flexibility index (Phi) is 5.43. The number of anilines is 1. The zero-order valence-electron chi connectivity index (χ0n) is 11.6. The maximum Gasteiger partial charge on any atom is 0.308 e. The van der Waals surface area contributed by atoms with Gasteiger partial charge in [-0.1, -0.05) is 36.7 Å². The maximum absolute atomic E-state index is 11.0. The Hall–Kier alpha value is -1.48. The van der Waals surface area contributed by atoms with Crippen LogP contribution in [0.15, 0.2) is 30.4 Å². The van der Waals surface area contributed by atoms with Gasteiger partial charge in [-0.05, 0) is 31.5 Å². The highest BCUT2D eigenvalue weighted by atomic mass is 35.5. The Labute approximate surface area is 119 Å². The van der Waals surface area contributed by atoms with Gasteiger partial charge in [0.2, 0.25) is 0 Å². The van der Waals surface area contributed by atoms with Crippen LogP contribution >= 0.6 is 11.6 Å². The van der Waals surface area contributed by atoms with Gasteiger partial charge in [0.1, 0.15) is 0 Å². The summed E-state index contributed by atoms with van der Waals surface area (Å²) in [5, 5.41) is 9.71. The number of hydrogen-bond donors (Lipinski definition) is 1. The summed E-state index contributed by atoms with van der Waals surface area (Å²) >= 11 is 6.03. The van der Waals surface area contributed by atoms with Crippen molar-refractivity contribution in [1.29, 1.82) is 0 Å². The summed E-state index contributed by atoms with van der Waals surface area (Å²) in [6, 6.07) is 5.64. The fraction of sp³-hybridized carbons (Fsp3) is 0.400. The van der Waals surface area contributed by atoms with Gasteiger partial charge in [-0.25, -0.2) is 0 Å². The normalized spacial score (nSPS) is 12.0. The first-order valence-electron chi connectivity index (χ1n) is 6.19. The van der Waals surface area contributed by atoms with Gasteiger partial charge in [0.25, 0.3) is 0 Å². The average molecular weight is 282 g/mol. The molecule has 0 radical (unpaired) electrons. The van der Waals surface area contributed by atoms with E-state index in [1.54, 1.807) is 6.92 Å². The van der Waals surface area contributed by atoms with Crippen molar-refractivity contribution in [3.8, 4) is 0 Å². The highest BCUT2D eigenvalue weighted by Crippen LogP contribution is 2.25. The number of rotatable bonds is 6. The number of aryl methyl sites for hydroxylation is 1. The van der Waals surface area contributed by atoms with Gasteiger partial charge in [0.15, 0.2) is 0 Å². The van der Waals surface area contributed by atoms with Crippen molar-refractivity contribution in [2.24, 2.45) is 5.92 Å². The summed E-state index contributed by atoms with van der Waals surface area (Å²) in [5.41, 5.74) is 3.02. The minimum atomic E-state index is -0.800. The fourth-order valence-corrected chi connectivity index (χ4v) is 2.07. The van der Waals surface area contributed by atoms with E-state index >= 15 is 0 Å². The number of nitrogens with zero attached hydrogens (tertiary/aromatic N) is 1. The van der Waals surface area contributed by atoms with Crippen molar-refractivity contribution >= 4 is 23.3 Å². The first-order chi connectivity index (χ1) is 8.81. The molecule has 1 unspecified atom stereocenters. The van der Waals surface area contributed by atoms with Crippen LogP contribution in [0.1, 0.15) is 19.4 Å². The summed E-state index contributed by atoms with van der Waals surface area (Å²) < 4.78 is 0. The molecule has 0 bridgehead atoms. The molecule has 0 spiro atoms. The molecule has 1 atom stereocenters. The molecule has 1 aromatic carbocycles. The van der Waals surface area contributed by atoms with Gasteiger partial charge >= 0.3 is 5.97 Å². The molecule has 0 saturated heterocycles. The van der Waals surface area contributed by atoms with Crippen molar-refractivity contribution in [1.82, 2.24) is 0 Å². The third kappa shape index (κ3) is 4.60. The third-order valence-corrected chi connectivity index (χ3v) is 3.12. The van der Waals surface area contributed by atoms with Crippen LogP contribution in [0.2, 0.25) is 5.02 Å². The molecule has 0 amide bonds. The van der Waals surface area contributed by atoms with Gasteiger partial charge in [-0.3, -0.25) is 4.79 Å². The molecule has 0 saturated carbocycles. The zero-order chi connectivity index (χ0) is 14.6. The summed E-state index contributed by atoms with van der Waals surface area (Å²) in [5.74, 6) is -1.25. The highest BCUT2D eigenvalue weighted by molar-refractivity contribution is 6.30. The molecule has 4 heteroatoms. The Morgan fingerprint density at radius 2 is 2.16 bits per heavy atom. The largest absolute Gasteiger partial charge is 0.481 e. The molecule has 1 N–H and O–H groups in total. The fourth-order valence-electron chi connectivity index (χ4n) is 1.91. The molecule has 0 aromatic heterocycles. The SMILES string of the molecule is C=C(C)CN(CC(C)C(=O)O)c1cc(Cl)ccc1C. The molecule has 0 aliphatic carbocycles. The van der Waals surface area contributed by atoms with Crippen LogP contribution in [0.3, 0.4) is 0 Å². The molecule has 0 aliphatic heterocycles. The van der Waals surface area contributed by atoms with Crippen LogP contribution in [0, 0.1) is 12.8 Å². The van der Waals surface area contributed by atoms with E-state index in [0.717, 1.165) is 16.8 Å². The topological polar surface area (TPSA) is 40.5 Å². The molecule has 3 nitrogen and oxygen atoms in total. The molecule has 104 valence electrons. The maximum atomic E-state index is 11.0. The van der Waals surface area contributed by atoms with Gasteiger partial charge < -0.3 is 10.0 Å². The monoisotopic (exact) mass is 281 g/mol. The van der Waals surface area contributed by atoms with Gasteiger partial charge in [0, 0.05) is 23.8 Å². The predicted molar refractivity (Wildman–Crippen MR) is 80.0 cm³/mol. The van der Waals surface area contributed by atoms with Gasteiger partial charge in [-0.15, -0.1) is 0 Å². The lowest BCUT2D eigenvalue weighted by molar-refractivity contribution is -0.140. The summed E-state index contributed by atoms with van der Waals surface area (Å²) in [6.07, 6.45) is 0. The van der Waals surface area contributed by atoms with Crippen molar-refractivity contribution < 1.29 is 9.90 Å². The second-order valence-electron chi connectivity index (χ2n) is 5.01. The summed E-state index contributed by atoms with van der Waals surface area (Å²) in [7, 11) is 0. The smallest absolute Gasteiger partial charge is 0.308 e. The summed E-state index contributed by atoms with van der Waals surface area (Å²) in [6.45, 7) is 10.6. The highest BCUT2D eigenvalue weighted by Gasteiger charge is 2.18. The van der Waals surface area contributed by atoms with Crippen molar-refractivity contribution in [3.63, 3.8) is 0 Å². The van der Waals surface area contributed by atoms with Crippen LogP contribution in [0.5, 0.6) is 0 Å². The van der Waals surface area contributed by atoms with Crippen LogP contribution in [-0.4, -0.2) is 24.2 Å². The number of aliphatic carboxylic acids is 1. The Morgan fingerprint density at radius 1 is 1.53 bits per heavy atom. The number of carboxylic acid groups (broad SMARTS) is 1. The minimum absolute atomic E-state index is 0.434. The lowest BCUT2D eigenvalue weighted by Crippen LogP contribution is -2.33.